The SMILES string of the molecule is Cc1ccc(C(O)=S)c(-c2ccnc(NC(=O)OC(C)(C)C)c2)n1. The number of amides is 1. The minimum atomic E-state index is -0.601. The summed E-state index contributed by atoms with van der Waals surface area (Å²) < 4.78 is 5.20. The molecule has 2 heterocycles. The number of hydrogen-bond acceptors (Lipinski definition) is 5. The van der Waals surface area contributed by atoms with Gasteiger partial charge in [0.25, 0.3) is 0 Å². The first-order valence-electron chi connectivity index (χ1n) is 7.33. The highest BCUT2D eigenvalue weighted by atomic mass is 32.1. The van der Waals surface area contributed by atoms with E-state index in [0.717, 1.165) is 5.69 Å². The predicted molar refractivity (Wildman–Crippen MR) is 96.4 cm³/mol. The standard InChI is InChI=1S/C17H19N3O3S/c1-10-5-6-12(15(21)24)14(19-10)11-7-8-18-13(9-11)20-16(22)23-17(2,3)4/h5-9H,1-4H3,(H,21,24)(H,18,20,22). The second-order valence-electron chi connectivity index (χ2n) is 6.21. The highest BCUT2D eigenvalue weighted by molar-refractivity contribution is 7.80. The fourth-order valence-electron chi connectivity index (χ4n) is 2.00. The smallest absolute Gasteiger partial charge is 0.413 e. The highest BCUT2D eigenvalue weighted by Crippen LogP contribution is 2.24. The number of nitrogens with one attached hydrogen (secondary N) is 1. The lowest BCUT2D eigenvalue weighted by Crippen LogP contribution is -2.27. The molecule has 0 saturated heterocycles. The van der Waals surface area contributed by atoms with Gasteiger partial charge < -0.3 is 9.84 Å². The lowest BCUT2D eigenvalue weighted by molar-refractivity contribution is 0.0635. The van der Waals surface area contributed by atoms with E-state index in [0.29, 0.717) is 22.6 Å². The van der Waals surface area contributed by atoms with Gasteiger partial charge in [0.1, 0.15) is 11.4 Å². The zero-order valence-electron chi connectivity index (χ0n) is 14.0. The van der Waals surface area contributed by atoms with Crippen molar-refractivity contribution in [1.29, 1.82) is 0 Å². The molecule has 6 nitrogen and oxygen atoms in total. The zero-order valence-corrected chi connectivity index (χ0v) is 14.8. The maximum atomic E-state index is 11.9. The van der Waals surface area contributed by atoms with E-state index >= 15 is 0 Å². The van der Waals surface area contributed by atoms with E-state index in [1.807, 2.05) is 6.92 Å². The Balaban J connectivity index is 2.33. The molecule has 0 radical (unpaired) electrons. The number of thiocarbonyl (C=S) groups is 1. The monoisotopic (exact) mass is 345 g/mol. The van der Waals surface area contributed by atoms with Crippen LogP contribution in [0.2, 0.25) is 0 Å². The van der Waals surface area contributed by atoms with Crippen LogP contribution in [-0.4, -0.2) is 31.8 Å². The van der Waals surface area contributed by atoms with Crippen molar-refractivity contribution in [3.63, 3.8) is 0 Å². The second kappa shape index (κ2) is 6.92. The topological polar surface area (TPSA) is 84.3 Å². The van der Waals surface area contributed by atoms with Gasteiger partial charge in [-0.3, -0.25) is 10.3 Å². The van der Waals surface area contributed by atoms with Gasteiger partial charge in [0.2, 0.25) is 0 Å². The van der Waals surface area contributed by atoms with Gasteiger partial charge in [-0.15, -0.1) is 0 Å². The average molecular weight is 345 g/mol. The Morgan fingerprint density at radius 3 is 2.62 bits per heavy atom. The molecule has 2 N–H and O–H groups in total. The van der Waals surface area contributed by atoms with E-state index in [1.165, 1.54) is 6.20 Å². The summed E-state index contributed by atoms with van der Waals surface area (Å²) in [6, 6.07) is 6.85. The van der Waals surface area contributed by atoms with Crippen molar-refractivity contribution in [3.05, 3.63) is 41.7 Å². The summed E-state index contributed by atoms with van der Waals surface area (Å²) in [6.45, 7) is 7.18. The normalized spacial score (nSPS) is 11.0. The molecule has 0 spiro atoms. The third kappa shape index (κ3) is 4.73. The molecule has 2 aromatic rings. The zero-order chi connectivity index (χ0) is 17.9. The van der Waals surface area contributed by atoms with Crippen LogP contribution in [0.5, 0.6) is 0 Å². The van der Waals surface area contributed by atoms with E-state index in [4.69, 9.17) is 17.0 Å². The number of rotatable bonds is 3. The van der Waals surface area contributed by atoms with Crippen molar-refractivity contribution in [3.8, 4) is 11.3 Å². The first-order chi connectivity index (χ1) is 11.2. The van der Waals surface area contributed by atoms with E-state index in [1.54, 1.807) is 45.0 Å². The van der Waals surface area contributed by atoms with Crippen LogP contribution in [0.15, 0.2) is 30.5 Å². The lowest BCUT2D eigenvalue weighted by atomic mass is 10.1. The van der Waals surface area contributed by atoms with Gasteiger partial charge in [0.15, 0.2) is 5.05 Å². The van der Waals surface area contributed by atoms with Gasteiger partial charge in [0, 0.05) is 17.5 Å². The van der Waals surface area contributed by atoms with Crippen molar-refractivity contribution >= 4 is 29.2 Å². The Morgan fingerprint density at radius 2 is 2.00 bits per heavy atom. The molecule has 126 valence electrons. The fourth-order valence-corrected chi connectivity index (χ4v) is 2.17. The van der Waals surface area contributed by atoms with Crippen molar-refractivity contribution in [2.75, 3.05) is 5.32 Å². The van der Waals surface area contributed by atoms with Crippen molar-refractivity contribution in [1.82, 2.24) is 9.97 Å². The molecule has 0 aromatic carbocycles. The van der Waals surface area contributed by atoms with Gasteiger partial charge in [-0.2, -0.15) is 0 Å². The Morgan fingerprint density at radius 1 is 1.29 bits per heavy atom. The predicted octanol–water partition coefficient (Wildman–Crippen LogP) is 4.03. The third-order valence-electron chi connectivity index (χ3n) is 2.93. The Hall–Kier alpha value is -2.54. The van der Waals surface area contributed by atoms with Crippen LogP contribution in [0.25, 0.3) is 11.3 Å². The number of pyridine rings is 2. The number of aromatic nitrogens is 2. The van der Waals surface area contributed by atoms with Gasteiger partial charge >= 0.3 is 6.09 Å². The largest absolute Gasteiger partial charge is 0.498 e. The molecule has 1 amide bonds. The Kier molecular flexibility index (Phi) is 5.14. The maximum absolute atomic E-state index is 11.9. The molecule has 0 unspecified atom stereocenters. The van der Waals surface area contributed by atoms with Crippen LogP contribution in [0.4, 0.5) is 10.6 Å². The van der Waals surface area contributed by atoms with Crippen LogP contribution in [-0.2, 0) is 4.74 Å². The molecule has 2 aromatic heterocycles. The molecular weight excluding hydrogens is 326 g/mol. The summed E-state index contributed by atoms with van der Waals surface area (Å²) >= 11 is 4.87. The molecule has 0 aliphatic carbocycles. The van der Waals surface area contributed by atoms with Crippen LogP contribution >= 0.6 is 12.2 Å². The van der Waals surface area contributed by atoms with Crippen molar-refractivity contribution in [2.45, 2.75) is 33.3 Å². The Labute approximate surface area is 145 Å². The van der Waals surface area contributed by atoms with Crippen LogP contribution in [0, 0.1) is 6.92 Å². The molecule has 0 aliphatic rings. The van der Waals surface area contributed by atoms with Crippen molar-refractivity contribution in [2.24, 2.45) is 0 Å². The molecule has 2 rings (SSSR count). The van der Waals surface area contributed by atoms with Crippen molar-refractivity contribution < 1.29 is 14.6 Å². The van der Waals surface area contributed by atoms with Gasteiger partial charge in [-0.1, -0.05) is 0 Å². The van der Waals surface area contributed by atoms with Gasteiger partial charge in [0.05, 0.1) is 11.3 Å². The van der Waals surface area contributed by atoms with Crippen LogP contribution in [0.1, 0.15) is 32.0 Å². The van der Waals surface area contributed by atoms with E-state index in [9.17, 15) is 9.90 Å². The Bertz CT molecular complexity index is 785. The summed E-state index contributed by atoms with van der Waals surface area (Å²) in [5, 5.41) is 12.0. The summed E-state index contributed by atoms with van der Waals surface area (Å²) in [5.74, 6) is 0.319. The molecule has 7 heteroatoms. The quantitative estimate of drug-likeness (QED) is 0.817. The number of aryl methyl sites for hydroxylation is 1. The highest BCUT2D eigenvalue weighted by Gasteiger charge is 2.17. The first kappa shape index (κ1) is 17.8. The summed E-state index contributed by atoms with van der Waals surface area (Å²) in [4.78, 5) is 20.4. The van der Waals surface area contributed by atoms with E-state index in [2.05, 4.69) is 15.3 Å². The number of aliphatic hydroxyl groups is 1. The van der Waals surface area contributed by atoms with Crippen LogP contribution in [0.3, 0.4) is 0 Å². The number of aliphatic hydroxyl groups excluding tert-OH is 1. The molecule has 0 atom stereocenters. The minimum Gasteiger partial charge on any atom is -0.498 e. The number of hydrogen-bond donors (Lipinski definition) is 2. The fraction of sp³-hybridized carbons (Fsp3) is 0.294. The summed E-state index contributed by atoms with van der Waals surface area (Å²) in [6.07, 6.45) is 0.943. The molecule has 0 bridgehead atoms. The third-order valence-corrected chi connectivity index (χ3v) is 3.15. The molecule has 0 saturated carbocycles. The second-order valence-corrected chi connectivity index (χ2v) is 6.60. The molecule has 0 aliphatic heterocycles. The molecule has 24 heavy (non-hydrogen) atoms. The van der Waals surface area contributed by atoms with Gasteiger partial charge in [-0.05, 0) is 64.2 Å². The molecule has 0 fully saturated rings. The molecular formula is C17H19N3O3S. The maximum Gasteiger partial charge on any atom is 0.413 e. The first-order valence-corrected chi connectivity index (χ1v) is 7.74. The van der Waals surface area contributed by atoms with Gasteiger partial charge in [-0.25, -0.2) is 9.78 Å². The van der Waals surface area contributed by atoms with E-state index in [-0.39, 0.29) is 5.05 Å². The average Bonchev–Trinajstić information content (AvgIpc) is 2.45. The number of nitrogens with zero attached hydrogens (tertiary/aromatic N) is 2. The summed E-state index contributed by atoms with van der Waals surface area (Å²) in [5.41, 5.74) is 1.83. The number of carbonyl (C=O) groups excluding carboxylic acids is 1. The number of anilines is 1. The van der Waals surface area contributed by atoms with E-state index < -0.39 is 11.7 Å². The lowest BCUT2D eigenvalue weighted by Gasteiger charge is -2.19. The minimum absolute atomic E-state index is 0.240. The number of ether oxygens (including phenoxy) is 1. The summed E-state index contributed by atoms with van der Waals surface area (Å²) in [7, 11) is 0. The number of carbonyl (C=O) groups is 1. The van der Waals surface area contributed by atoms with Crippen LogP contribution < -0.4 is 5.32 Å².